The van der Waals surface area contributed by atoms with Crippen LogP contribution in [0, 0.1) is 0 Å². The summed E-state index contributed by atoms with van der Waals surface area (Å²) < 4.78 is 68.2. The molecule has 12 heavy (non-hydrogen) atoms. The van der Waals surface area contributed by atoms with Gasteiger partial charge in [0.15, 0.2) is 0 Å². The summed E-state index contributed by atoms with van der Waals surface area (Å²) in [4.78, 5) is 0. The van der Waals surface area contributed by atoms with Crippen molar-refractivity contribution in [3.8, 4) is 0 Å². The molecule has 0 amide bonds. The Morgan fingerprint density at radius 1 is 0.667 bits per heavy atom. The zero-order valence-electron chi connectivity index (χ0n) is 4.79. The monoisotopic (exact) mass is 306 g/mol. The smallest absolute Gasteiger partial charge is 0.759 e. The van der Waals surface area contributed by atoms with Crippen LogP contribution in [0.25, 0.3) is 0 Å². The zero-order valence-corrected chi connectivity index (χ0v) is 8.65. The van der Waals surface area contributed by atoms with Crippen LogP contribution in [0.2, 0.25) is 0 Å². The fourth-order valence-corrected chi connectivity index (χ4v) is 0. The van der Waals surface area contributed by atoms with E-state index in [2.05, 4.69) is 0 Å². The Labute approximate surface area is 89.6 Å². The summed E-state index contributed by atoms with van der Waals surface area (Å²) in [6.07, 6.45) is 0. The van der Waals surface area contributed by atoms with Gasteiger partial charge in [-0.15, -0.1) is 0 Å². The molecule has 0 unspecified atom stereocenters. The van der Waals surface area contributed by atoms with Crippen molar-refractivity contribution in [3.63, 3.8) is 0 Å². The summed E-state index contributed by atoms with van der Waals surface area (Å²) in [5, 5.41) is 0. The first-order valence-electron chi connectivity index (χ1n) is 1.33. The van der Waals surface area contributed by atoms with Gasteiger partial charge >= 0.3 is 33.8 Å². The van der Waals surface area contributed by atoms with Crippen LogP contribution in [-0.4, -0.2) is 35.0 Å². The van der Waals surface area contributed by atoms with E-state index >= 15 is 0 Å². The van der Waals surface area contributed by atoms with Gasteiger partial charge in [-0.25, -0.2) is 0 Å². The minimum atomic E-state index is -5.17. The summed E-state index contributed by atoms with van der Waals surface area (Å²) in [6.45, 7) is 0. The molecule has 0 bridgehead atoms. The Morgan fingerprint density at radius 3 is 0.667 bits per heavy atom. The maximum atomic E-state index is 8.52. The maximum absolute atomic E-state index is 8.52. The van der Waals surface area contributed by atoms with Crippen LogP contribution in [-0.2, 0) is 54.6 Å². The molecule has 0 saturated heterocycles. The van der Waals surface area contributed by atoms with Crippen molar-refractivity contribution >= 4 is 20.8 Å². The van der Waals surface area contributed by atoms with E-state index in [1.54, 1.807) is 0 Å². The molecule has 0 aromatic rings. The van der Waals surface area contributed by atoms with Gasteiger partial charge in [0.1, 0.15) is 0 Å². The Kier molecular flexibility index (Phi) is 16.0. The Bertz CT molecular complexity index is 213. The van der Waals surface area contributed by atoms with Crippen LogP contribution < -0.4 is 0 Å². The first-order chi connectivity index (χ1) is 4.00. The molecule has 0 fully saturated rings. The zero-order chi connectivity index (χ0) is 9.00. The van der Waals surface area contributed by atoms with Crippen molar-refractivity contribution in [1.82, 2.24) is 0 Å². The molecule has 0 aliphatic rings. The SMILES string of the molecule is O=S(=O)([O-])[O-].O=S(=O)([O-])[O-].[Co+2].[Mn+2]. The van der Waals surface area contributed by atoms with E-state index in [1.807, 2.05) is 0 Å². The quantitative estimate of drug-likeness (QED) is 0.265. The molecule has 0 spiro atoms. The third-order valence-electron chi connectivity index (χ3n) is 0. The van der Waals surface area contributed by atoms with E-state index in [9.17, 15) is 0 Å². The number of rotatable bonds is 0. The summed E-state index contributed by atoms with van der Waals surface area (Å²) >= 11 is 0. The molecule has 76 valence electrons. The van der Waals surface area contributed by atoms with E-state index in [0.717, 1.165) is 0 Å². The molecule has 0 aliphatic carbocycles. The summed E-state index contributed by atoms with van der Waals surface area (Å²) in [5.41, 5.74) is 0. The molecule has 12 heteroatoms. The predicted molar refractivity (Wildman–Crippen MR) is 20.9 cm³/mol. The topological polar surface area (TPSA) is 161 Å². The van der Waals surface area contributed by atoms with Crippen LogP contribution in [0.4, 0.5) is 0 Å². The van der Waals surface area contributed by atoms with Gasteiger partial charge in [-0.3, -0.25) is 16.8 Å². The van der Waals surface area contributed by atoms with E-state index in [0.29, 0.717) is 0 Å². The molecule has 0 saturated carbocycles. The molecule has 2 radical (unpaired) electrons. The third-order valence-corrected chi connectivity index (χ3v) is 0. The molecule has 0 rings (SSSR count). The van der Waals surface area contributed by atoms with Gasteiger partial charge in [-0.05, 0) is 0 Å². The molecule has 8 nitrogen and oxygen atoms in total. The molecular formula is CoMnO8S2. The first-order valence-corrected chi connectivity index (χ1v) is 4.00. The van der Waals surface area contributed by atoms with Crippen LogP contribution in [0.5, 0.6) is 0 Å². The van der Waals surface area contributed by atoms with Crippen molar-refractivity contribution in [2.45, 2.75) is 0 Å². The minimum Gasteiger partial charge on any atom is -0.759 e. The van der Waals surface area contributed by atoms with E-state index in [4.69, 9.17) is 35.0 Å². The molecular weight excluding hydrogens is 306 g/mol. The van der Waals surface area contributed by atoms with Gasteiger partial charge in [-0.1, -0.05) is 0 Å². The van der Waals surface area contributed by atoms with E-state index < -0.39 is 20.8 Å². The van der Waals surface area contributed by atoms with Crippen LogP contribution in [0.15, 0.2) is 0 Å². The molecule has 0 aliphatic heterocycles. The standard InChI is InChI=1S/Co.Mn.2H2O4S/c;;2*1-5(2,3)4/h;;2*(H2,1,2,3,4)/q2*+2;;/p-4. The van der Waals surface area contributed by atoms with Crippen molar-refractivity contribution in [2.24, 2.45) is 0 Å². The van der Waals surface area contributed by atoms with Crippen LogP contribution in [0.1, 0.15) is 0 Å². The normalized spacial score (nSPS) is 9.67. The second-order valence-electron chi connectivity index (χ2n) is 0.816. The Morgan fingerprint density at radius 2 is 0.667 bits per heavy atom. The summed E-state index contributed by atoms with van der Waals surface area (Å²) in [7, 11) is -10.3. The fraction of sp³-hybridized carbons (Fsp3) is 0. The average molecular weight is 306 g/mol. The van der Waals surface area contributed by atoms with Gasteiger partial charge < -0.3 is 18.2 Å². The second-order valence-corrected chi connectivity index (χ2v) is 2.45. The minimum absolute atomic E-state index is 0. The number of hydrogen-bond donors (Lipinski definition) is 0. The molecule has 0 atom stereocenters. The summed E-state index contributed by atoms with van der Waals surface area (Å²) in [5.74, 6) is 0. The third kappa shape index (κ3) is 1750. The Hall–Kier alpha value is 0.766. The molecule has 0 N–H and O–H groups in total. The Balaban J connectivity index is -0.0000000457. The van der Waals surface area contributed by atoms with Crippen molar-refractivity contribution < 1.29 is 68.9 Å². The number of hydrogen-bond acceptors (Lipinski definition) is 8. The average Bonchev–Trinajstić information content (AvgIpc) is 1.12. The first kappa shape index (κ1) is 23.0. The van der Waals surface area contributed by atoms with Crippen LogP contribution in [0.3, 0.4) is 0 Å². The van der Waals surface area contributed by atoms with Crippen molar-refractivity contribution in [1.29, 1.82) is 0 Å². The maximum Gasteiger partial charge on any atom is 2.00 e. The van der Waals surface area contributed by atoms with Gasteiger partial charge in [0, 0.05) is 20.8 Å². The van der Waals surface area contributed by atoms with Gasteiger partial charge in [-0.2, -0.15) is 0 Å². The van der Waals surface area contributed by atoms with E-state index in [1.165, 1.54) is 0 Å². The molecule has 0 aromatic carbocycles. The van der Waals surface area contributed by atoms with Crippen molar-refractivity contribution in [2.75, 3.05) is 0 Å². The summed E-state index contributed by atoms with van der Waals surface area (Å²) in [6, 6.07) is 0. The van der Waals surface area contributed by atoms with Gasteiger partial charge in [0.05, 0.1) is 0 Å². The van der Waals surface area contributed by atoms with Crippen LogP contribution >= 0.6 is 0 Å². The predicted octanol–water partition coefficient (Wildman–Crippen LogP) is -2.68. The van der Waals surface area contributed by atoms with Gasteiger partial charge in [0.2, 0.25) is 0 Å². The second kappa shape index (κ2) is 8.37. The van der Waals surface area contributed by atoms with Crippen molar-refractivity contribution in [3.05, 3.63) is 0 Å². The molecule has 0 aromatic heterocycles. The van der Waals surface area contributed by atoms with Gasteiger partial charge in [0.25, 0.3) is 0 Å². The largest absolute Gasteiger partial charge is 2.00 e. The van der Waals surface area contributed by atoms with E-state index in [-0.39, 0.29) is 33.8 Å². The fourth-order valence-electron chi connectivity index (χ4n) is 0. The molecule has 0 heterocycles.